The largest absolute Gasteiger partial charge is 0.497 e. The zero-order valence-corrected chi connectivity index (χ0v) is 15.7. The highest BCUT2D eigenvalue weighted by molar-refractivity contribution is 5.47. The molecular formula is C21H29NO3. The molecule has 25 heavy (non-hydrogen) atoms. The average Bonchev–Trinajstić information content (AvgIpc) is 2.62. The predicted molar refractivity (Wildman–Crippen MR) is 102 cm³/mol. The van der Waals surface area contributed by atoms with Crippen molar-refractivity contribution in [3.8, 4) is 17.2 Å². The fraction of sp³-hybridized carbons (Fsp3) is 0.429. The first kappa shape index (κ1) is 19.1. The van der Waals surface area contributed by atoms with Gasteiger partial charge in [-0.15, -0.1) is 0 Å². The third-order valence-electron chi connectivity index (χ3n) is 4.30. The van der Waals surface area contributed by atoms with Crippen molar-refractivity contribution in [2.45, 2.75) is 38.6 Å². The molecule has 0 aliphatic carbocycles. The molecule has 2 N–H and O–H groups in total. The predicted octanol–water partition coefficient (Wildman–Crippen LogP) is 3.78. The number of nitrogens with two attached hydrogens (primary N) is 1. The molecule has 1 atom stereocenters. The summed E-state index contributed by atoms with van der Waals surface area (Å²) in [7, 11) is 5.10. The molecule has 0 saturated heterocycles. The van der Waals surface area contributed by atoms with E-state index in [-0.39, 0.29) is 6.04 Å². The van der Waals surface area contributed by atoms with Gasteiger partial charge in [-0.3, -0.25) is 0 Å². The first-order valence-corrected chi connectivity index (χ1v) is 8.69. The third-order valence-corrected chi connectivity index (χ3v) is 4.30. The van der Waals surface area contributed by atoms with Crippen LogP contribution in [0.5, 0.6) is 17.2 Å². The monoisotopic (exact) mass is 343 g/mol. The summed E-state index contributed by atoms with van der Waals surface area (Å²) in [5, 5.41) is 0. The quantitative estimate of drug-likeness (QED) is 0.753. The van der Waals surface area contributed by atoms with Crippen LogP contribution in [-0.4, -0.2) is 27.4 Å². The van der Waals surface area contributed by atoms with Gasteiger partial charge in [0.1, 0.15) is 17.2 Å². The Hall–Kier alpha value is -2.20. The van der Waals surface area contributed by atoms with E-state index in [2.05, 4.69) is 24.3 Å². The Balaban J connectivity index is 2.06. The summed E-state index contributed by atoms with van der Waals surface area (Å²) in [5.74, 6) is 2.68. The van der Waals surface area contributed by atoms with Crippen LogP contribution in [-0.2, 0) is 19.3 Å². The number of benzene rings is 2. The molecule has 2 rings (SSSR count). The maximum absolute atomic E-state index is 5.94. The molecule has 0 amide bonds. The second-order valence-corrected chi connectivity index (χ2v) is 6.36. The Labute approximate surface area is 150 Å². The van der Waals surface area contributed by atoms with E-state index in [4.69, 9.17) is 19.9 Å². The fourth-order valence-corrected chi connectivity index (χ4v) is 3.00. The van der Waals surface area contributed by atoms with Crippen molar-refractivity contribution in [1.82, 2.24) is 0 Å². The molecule has 4 nitrogen and oxygen atoms in total. The Morgan fingerprint density at radius 3 is 2.00 bits per heavy atom. The van der Waals surface area contributed by atoms with Crippen molar-refractivity contribution in [3.05, 3.63) is 53.1 Å². The average molecular weight is 343 g/mol. The summed E-state index contributed by atoms with van der Waals surface area (Å²) >= 11 is 0. The van der Waals surface area contributed by atoms with E-state index in [0.717, 1.165) is 48.5 Å². The van der Waals surface area contributed by atoms with Gasteiger partial charge in [0.2, 0.25) is 0 Å². The summed E-state index contributed by atoms with van der Waals surface area (Å²) in [5.41, 5.74) is 9.50. The van der Waals surface area contributed by atoms with Crippen molar-refractivity contribution < 1.29 is 14.2 Å². The van der Waals surface area contributed by atoms with E-state index in [1.807, 2.05) is 19.1 Å². The number of aryl methyl sites for hydroxylation is 2. The van der Waals surface area contributed by atoms with Gasteiger partial charge in [0, 0.05) is 6.04 Å². The van der Waals surface area contributed by atoms with Gasteiger partial charge in [-0.2, -0.15) is 0 Å². The molecule has 0 fully saturated rings. The van der Waals surface area contributed by atoms with Crippen molar-refractivity contribution in [2.24, 2.45) is 5.73 Å². The summed E-state index contributed by atoms with van der Waals surface area (Å²) in [6, 6.07) is 12.5. The lowest BCUT2D eigenvalue weighted by Crippen LogP contribution is -2.18. The Morgan fingerprint density at radius 1 is 0.840 bits per heavy atom. The Morgan fingerprint density at radius 2 is 1.44 bits per heavy atom. The van der Waals surface area contributed by atoms with Gasteiger partial charge in [0.25, 0.3) is 0 Å². The van der Waals surface area contributed by atoms with Gasteiger partial charge < -0.3 is 19.9 Å². The fourth-order valence-electron chi connectivity index (χ4n) is 3.00. The molecule has 0 saturated carbocycles. The highest BCUT2D eigenvalue weighted by Gasteiger charge is 2.12. The summed E-state index contributed by atoms with van der Waals surface area (Å²) in [4.78, 5) is 0. The van der Waals surface area contributed by atoms with Crippen LogP contribution in [0.25, 0.3) is 0 Å². The van der Waals surface area contributed by atoms with Crippen LogP contribution in [0.15, 0.2) is 36.4 Å². The lowest BCUT2D eigenvalue weighted by atomic mass is 9.99. The molecular weight excluding hydrogens is 314 g/mol. The number of hydrogen-bond donors (Lipinski definition) is 1. The molecule has 2 aromatic rings. The van der Waals surface area contributed by atoms with Gasteiger partial charge in [-0.05, 0) is 73.6 Å². The standard InChI is InChI=1S/C21H29NO3/c1-15(22)12-18-14-20(24-3)17(13-21(18)25-4)7-5-6-16-8-10-19(23-2)11-9-16/h8-11,13-15H,5-7,12,22H2,1-4H3. The first-order valence-electron chi connectivity index (χ1n) is 8.69. The van der Waals surface area contributed by atoms with E-state index in [1.165, 1.54) is 11.1 Å². The molecule has 0 radical (unpaired) electrons. The van der Waals surface area contributed by atoms with Crippen LogP contribution in [0.4, 0.5) is 0 Å². The van der Waals surface area contributed by atoms with Crippen molar-refractivity contribution in [2.75, 3.05) is 21.3 Å². The minimum atomic E-state index is 0.0829. The summed E-state index contributed by atoms with van der Waals surface area (Å²) in [6.07, 6.45) is 3.76. The summed E-state index contributed by atoms with van der Waals surface area (Å²) < 4.78 is 16.3. The summed E-state index contributed by atoms with van der Waals surface area (Å²) in [6.45, 7) is 1.99. The molecule has 0 aliphatic rings. The molecule has 1 unspecified atom stereocenters. The smallest absolute Gasteiger partial charge is 0.122 e. The van der Waals surface area contributed by atoms with Gasteiger partial charge >= 0.3 is 0 Å². The minimum absolute atomic E-state index is 0.0829. The van der Waals surface area contributed by atoms with Crippen LogP contribution < -0.4 is 19.9 Å². The Kier molecular flexibility index (Phi) is 7.14. The van der Waals surface area contributed by atoms with E-state index < -0.39 is 0 Å². The van der Waals surface area contributed by atoms with E-state index >= 15 is 0 Å². The lowest BCUT2D eigenvalue weighted by molar-refractivity contribution is 0.393. The molecule has 4 heteroatoms. The van der Waals surface area contributed by atoms with Gasteiger partial charge in [0.15, 0.2) is 0 Å². The molecule has 0 bridgehead atoms. The van der Waals surface area contributed by atoms with Gasteiger partial charge in [-0.1, -0.05) is 12.1 Å². The van der Waals surface area contributed by atoms with Crippen LogP contribution >= 0.6 is 0 Å². The Bertz CT molecular complexity index is 666. The van der Waals surface area contributed by atoms with Gasteiger partial charge in [-0.25, -0.2) is 0 Å². The molecule has 0 heterocycles. The molecule has 0 aromatic heterocycles. The van der Waals surface area contributed by atoms with E-state index in [9.17, 15) is 0 Å². The highest BCUT2D eigenvalue weighted by Crippen LogP contribution is 2.31. The second-order valence-electron chi connectivity index (χ2n) is 6.36. The number of rotatable bonds is 9. The van der Waals surface area contributed by atoms with Gasteiger partial charge in [0.05, 0.1) is 21.3 Å². The molecule has 2 aromatic carbocycles. The molecule has 0 aliphatic heterocycles. The third kappa shape index (κ3) is 5.40. The zero-order chi connectivity index (χ0) is 18.2. The topological polar surface area (TPSA) is 53.7 Å². The van der Waals surface area contributed by atoms with Crippen LogP contribution in [0, 0.1) is 0 Å². The van der Waals surface area contributed by atoms with Crippen molar-refractivity contribution >= 4 is 0 Å². The zero-order valence-electron chi connectivity index (χ0n) is 15.7. The maximum Gasteiger partial charge on any atom is 0.122 e. The second kappa shape index (κ2) is 9.33. The minimum Gasteiger partial charge on any atom is -0.497 e. The molecule has 0 spiro atoms. The highest BCUT2D eigenvalue weighted by atomic mass is 16.5. The normalized spacial score (nSPS) is 11.9. The number of ether oxygens (including phenoxy) is 3. The van der Waals surface area contributed by atoms with E-state index in [0.29, 0.717) is 0 Å². The van der Waals surface area contributed by atoms with Crippen LogP contribution in [0.2, 0.25) is 0 Å². The van der Waals surface area contributed by atoms with Crippen molar-refractivity contribution in [3.63, 3.8) is 0 Å². The first-order chi connectivity index (χ1) is 12.1. The number of methoxy groups -OCH3 is 3. The van der Waals surface area contributed by atoms with Crippen molar-refractivity contribution in [1.29, 1.82) is 0 Å². The SMILES string of the molecule is COc1ccc(CCCc2cc(OC)c(CC(C)N)cc2OC)cc1. The van der Waals surface area contributed by atoms with Crippen LogP contribution in [0.1, 0.15) is 30.0 Å². The lowest BCUT2D eigenvalue weighted by Gasteiger charge is -2.16. The number of hydrogen-bond acceptors (Lipinski definition) is 4. The van der Waals surface area contributed by atoms with E-state index in [1.54, 1.807) is 21.3 Å². The maximum atomic E-state index is 5.94. The van der Waals surface area contributed by atoms with Crippen LogP contribution in [0.3, 0.4) is 0 Å². The molecule has 136 valence electrons.